The average molecular weight is 586 g/mol. The molecule has 1 aliphatic carbocycles. The second kappa shape index (κ2) is 9.79. The maximum absolute atomic E-state index is 14.0. The molecule has 0 saturated carbocycles. The highest BCUT2D eigenvalue weighted by atomic mass is 127. The predicted molar refractivity (Wildman–Crippen MR) is 135 cm³/mol. The number of imidazole rings is 1. The lowest BCUT2D eigenvalue weighted by Crippen LogP contribution is -2.30. The second-order valence-electron chi connectivity index (χ2n) is 8.90. The molecule has 0 bridgehead atoms. The summed E-state index contributed by atoms with van der Waals surface area (Å²) >= 11 is 2.35. The summed E-state index contributed by atoms with van der Waals surface area (Å²) in [6.07, 6.45) is 3.51. The van der Waals surface area contributed by atoms with Gasteiger partial charge in [0.2, 0.25) is 10.0 Å². The number of hydrogen-bond acceptors (Lipinski definition) is 6. The van der Waals surface area contributed by atoms with Crippen LogP contribution < -0.4 is 10.5 Å². The van der Waals surface area contributed by atoms with E-state index in [1.165, 1.54) is 21.1 Å². The lowest BCUT2D eigenvalue weighted by atomic mass is 10.0. The first-order chi connectivity index (χ1) is 15.6. The maximum Gasteiger partial charge on any atom is 0.312 e. The Labute approximate surface area is 206 Å². The second-order valence-corrected chi connectivity index (χ2v) is 11.9. The zero-order valence-electron chi connectivity index (χ0n) is 18.7. The molecule has 0 aliphatic heterocycles. The molecule has 1 aliphatic rings. The van der Waals surface area contributed by atoms with Gasteiger partial charge in [-0.3, -0.25) is 0 Å². The van der Waals surface area contributed by atoms with E-state index in [0.717, 1.165) is 18.4 Å². The van der Waals surface area contributed by atoms with Crippen molar-refractivity contribution in [1.82, 2.24) is 24.2 Å². The van der Waals surface area contributed by atoms with Crippen molar-refractivity contribution in [3.8, 4) is 0 Å². The predicted octanol–water partition coefficient (Wildman–Crippen LogP) is 3.20. The number of anilines is 1. The van der Waals surface area contributed by atoms with Gasteiger partial charge < -0.3 is 10.3 Å². The smallest absolute Gasteiger partial charge is 0.312 e. The van der Waals surface area contributed by atoms with Crippen molar-refractivity contribution in [3.05, 3.63) is 44.3 Å². The van der Waals surface area contributed by atoms with Gasteiger partial charge >= 0.3 is 6.08 Å². The fourth-order valence-electron chi connectivity index (χ4n) is 4.32. The molecule has 0 amide bonds. The number of halogens is 2. The van der Waals surface area contributed by atoms with Gasteiger partial charge in [0.15, 0.2) is 17.0 Å². The summed E-state index contributed by atoms with van der Waals surface area (Å²) in [5.41, 5.74) is 10.6. The van der Waals surface area contributed by atoms with Crippen LogP contribution >= 0.6 is 22.6 Å². The van der Waals surface area contributed by atoms with Gasteiger partial charge in [0.25, 0.3) is 0 Å². The Morgan fingerprint density at radius 3 is 2.67 bits per heavy atom. The number of nitrogens with zero attached hydrogens (tertiary/aromatic N) is 4. The van der Waals surface area contributed by atoms with E-state index in [-0.39, 0.29) is 24.0 Å². The van der Waals surface area contributed by atoms with Gasteiger partial charge in [-0.05, 0) is 76.9 Å². The van der Waals surface area contributed by atoms with Gasteiger partial charge in [0.1, 0.15) is 5.82 Å². The summed E-state index contributed by atoms with van der Waals surface area (Å²) in [7, 11) is -3.33. The first-order valence-corrected chi connectivity index (χ1v) is 13.8. The Morgan fingerprint density at radius 2 is 1.94 bits per heavy atom. The van der Waals surface area contributed by atoms with E-state index < -0.39 is 16.1 Å². The summed E-state index contributed by atoms with van der Waals surface area (Å²) in [4.78, 5) is 12.2. The monoisotopic (exact) mass is 586 g/mol. The minimum Gasteiger partial charge on any atom is -0.382 e. The molecule has 2 aromatic heterocycles. The molecule has 8 nitrogen and oxygen atoms in total. The molecule has 4 rings (SSSR count). The summed E-state index contributed by atoms with van der Waals surface area (Å²) in [6, 6.07) is 4.48. The third kappa shape index (κ3) is 5.62. The molecule has 0 fully saturated rings. The van der Waals surface area contributed by atoms with E-state index in [2.05, 4.69) is 54.4 Å². The summed E-state index contributed by atoms with van der Waals surface area (Å²) in [6.45, 7) is 4.42. The van der Waals surface area contributed by atoms with Crippen LogP contribution in [0.1, 0.15) is 49.2 Å². The highest BCUT2D eigenvalue weighted by Crippen LogP contribution is 2.29. The van der Waals surface area contributed by atoms with Crippen LogP contribution in [0, 0.1) is 15.6 Å². The number of sulfonamides is 1. The van der Waals surface area contributed by atoms with Crippen molar-refractivity contribution >= 4 is 49.6 Å². The normalized spacial score (nSPS) is 13.8. The fraction of sp³-hybridized carbons (Fsp3) is 0.500. The summed E-state index contributed by atoms with van der Waals surface area (Å²) < 4.78 is 43.8. The number of fused-ring (bicyclic) bond motifs is 2. The van der Waals surface area contributed by atoms with Gasteiger partial charge in [-0.1, -0.05) is 19.9 Å². The third-order valence-corrected chi connectivity index (χ3v) is 8.47. The largest absolute Gasteiger partial charge is 0.382 e. The molecule has 0 saturated heterocycles. The number of nitrogens with two attached hydrogens (primary N) is 1. The Morgan fingerprint density at radius 1 is 1.21 bits per heavy atom. The van der Waals surface area contributed by atoms with Crippen LogP contribution in [0.3, 0.4) is 0 Å². The molecule has 0 unspecified atom stereocenters. The van der Waals surface area contributed by atoms with Gasteiger partial charge in [-0.2, -0.15) is 14.4 Å². The van der Waals surface area contributed by atoms with Crippen LogP contribution in [0.25, 0.3) is 11.2 Å². The fourth-order valence-corrected chi connectivity index (χ4v) is 6.50. The third-order valence-electron chi connectivity index (χ3n) is 5.72. The minimum atomic E-state index is -3.33. The Hall–Kier alpha value is -1.86. The van der Waals surface area contributed by atoms with E-state index in [9.17, 15) is 12.8 Å². The average Bonchev–Trinajstić information content (AvgIpc) is 3.29. The Bertz CT molecular complexity index is 1290. The number of nitrogen functional groups attached to an aromatic ring is 1. The molecule has 33 heavy (non-hydrogen) atoms. The molecule has 178 valence electrons. The van der Waals surface area contributed by atoms with Crippen molar-refractivity contribution in [3.63, 3.8) is 0 Å². The molecule has 2 heterocycles. The zero-order chi connectivity index (χ0) is 23.8. The first kappa shape index (κ1) is 24.3. The molecular weight excluding hydrogens is 558 g/mol. The highest BCUT2D eigenvalue weighted by Gasteiger charge is 2.20. The lowest BCUT2D eigenvalue weighted by molar-refractivity contribution is 0.539. The zero-order valence-corrected chi connectivity index (χ0v) is 21.7. The molecule has 1 aromatic carbocycles. The quantitative estimate of drug-likeness (QED) is 0.226. The number of benzene rings is 1. The van der Waals surface area contributed by atoms with Gasteiger partial charge in [-0.15, -0.1) is 0 Å². The van der Waals surface area contributed by atoms with Crippen LogP contribution in [0.2, 0.25) is 0 Å². The lowest BCUT2D eigenvalue weighted by Gasteiger charge is -2.12. The number of aromatic nitrogens is 4. The standard InChI is InChI=1S/C22H28FIN6O2S/c1-13(2)12-33(31,32)26-7-4-8-30-18(27-19-20(25)28-22(23)29-21(19)30)11-16-9-14-5-3-6-15(14)10-17(16)24/h9-10,13,26H,3-8,11-12H2,1-2H3,(H2,25,28,29). The highest BCUT2D eigenvalue weighted by molar-refractivity contribution is 14.1. The van der Waals surface area contributed by atoms with Crippen molar-refractivity contribution < 1.29 is 12.8 Å². The molecule has 11 heteroatoms. The van der Waals surface area contributed by atoms with Gasteiger partial charge in [-0.25, -0.2) is 18.1 Å². The van der Waals surface area contributed by atoms with Crippen molar-refractivity contribution in [2.24, 2.45) is 5.92 Å². The van der Waals surface area contributed by atoms with Crippen LogP contribution in [-0.4, -0.2) is 40.2 Å². The number of nitrogens with one attached hydrogen (secondary N) is 1. The van der Waals surface area contributed by atoms with Crippen LogP contribution in [0.15, 0.2) is 12.1 Å². The molecule has 0 atom stereocenters. The Balaban J connectivity index is 1.60. The molecule has 0 radical (unpaired) electrons. The number of hydrogen-bond donors (Lipinski definition) is 2. The molecular formula is C22H28FIN6O2S. The van der Waals surface area contributed by atoms with E-state index >= 15 is 0 Å². The van der Waals surface area contributed by atoms with Crippen LogP contribution in [-0.2, 0) is 35.8 Å². The van der Waals surface area contributed by atoms with E-state index in [1.807, 2.05) is 18.4 Å². The molecule has 3 N–H and O–H groups in total. The SMILES string of the molecule is CC(C)CS(=O)(=O)NCCCn1c(Cc2cc3c(cc2I)CCC3)nc2c(N)nc(F)nc21. The maximum atomic E-state index is 14.0. The summed E-state index contributed by atoms with van der Waals surface area (Å²) in [5, 5.41) is 0. The van der Waals surface area contributed by atoms with Crippen molar-refractivity contribution in [2.75, 3.05) is 18.0 Å². The van der Waals surface area contributed by atoms with Crippen LogP contribution in [0.5, 0.6) is 0 Å². The topological polar surface area (TPSA) is 116 Å². The number of rotatable bonds is 9. The summed E-state index contributed by atoms with van der Waals surface area (Å²) in [5.74, 6) is 0.832. The first-order valence-electron chi connectivity index (χ1n) is 11.1. The van der Waals surface area contributed by atoms with Crippen molar-refractivity contribution in [1.29, 1.82) is 0 Å². The molecule has 3 aromatic rings. The molecule has 0 spiro atoms. The van der Waals surface area contributed by atoms with E-state index in [0.29, 0.717) is 36.4 Å². The van der Waals surface area contributed by atoms with Crippen molar-refractivity contribution in [2.45, 2.75) is 52.5 Å². The van der Waals surface area contributed by atoms with E-state index in [1.54, 1.807) is 0 Å². The minimum absolute atomic E-state index is 0.00112. The van der Waals surface area contributed by atoms with Crippen LogP contribution in [0.4, 0.5) is 10.2 Å². The van der Waals surface area contributed by atoms with Gasteiger partial charge in [0.05, 0.1) is 5.75 Å². The van der Waals surface area contributed by atoms with E-state index in [4.69, 9.17) is 5.73 Å². The van der Waals surface area contributed by atoms with Gasteiger partial charge in [0, 0.05) is 23.1 Å². The number of aryl methyl sites for hydroxylation is 3. The Kier molecular flexibility index (Phi) is 7.20.